The number of hydrogen-bond acceptors (Lipinski definition) is 1. The van der Waals surface area contributed by atoms with Crippen LogP contribution in [0.1, 0.15) is 5.56 Å². The third-order valence-corrected chi connectivity index (χ3v) is 3.13. The largest absolute Gasteiger partial charge is 0.128 e. The molecule has 0 unspecified atom stereocenters. The summed E-state index contributed by atoms with van der Waals surface area (Å²) in [5.74, 6) is 0. The van der Waals surface area contributed by atoms with Gasteiger partial charge in [0.25, 0.3) is 0 Å². The topological polar surface area (TPSA) is 0 Å². The van der Waals surface area contributed by atoms with Crippen LogP contribution in [0.5, 0.6) is 0 Å². The Bertz CT molecular complexity index is 268. The van der Waals surface area contributed by atoms with Crippen molar-refractivity contribution in [1.82, 2.24) is 0 Å². The molecule has 0 nitrogen and oxygen atoms in total. The van der Waals surface area contributed by atoms with Crippen LogP contribution in [0.3, 0.4) is 0 Å². The minimum Gasteiger partial charge on any atom is -0.128 e. The van der Waals surface area contributed by atoms with E-state index in [1.54, 1.807) is 11.8 Å². The highest BCUT2D eigenvalue weighted by Gasteiger charge is 1.96. The normalized spacial score (nSPS) is 9.64. The maximum Gasteiger partial charge on any atom is 0.0317 e. The lowest BCUT2D eigenvalue weighted by atomic mass is 10.2. The molecule has 0 aliphatic heterocycles. The van der Waals surface area contributed by atoms with Gasteiger partial charge in [-0.1, -0.05) is 18.7 Å². The summed E-state index contributed by atoms with van der Waals surface area (Å²) >= 11 is 5.21. The van der Waals surface area contributed by atoms with Crippen molar-refractivity contribution >= 4 is 33.8 Å². The number of thioether (sulfide) groups is 1. The van der Waals surface area contributed by atoms with Crippen LogP contribution >= 0.6 is 27.7 Å². The zero-order valence-corrected chi connectivity index (χ0v) is 8.71. The maximum atomic E-state index is 3.70. The van der Waals surface area contributed by atoms with Crippen LogP contribution in [0.15, 0.2) is 34.1 Å². The summed E-state index contributed by atoms with van der Waals surface area (Å²) in [6.07, 6.45) is 3.91. The van der Waals surface area contributed by atoms with Crippen molar-refractivity contribution < 1.29 is 0 Å². The average Bonchev–Trinajstić information content (AvgIpc) is 2.04. The first-order chi connectivity index (χ1) is 5.27. The van der Waals surface area contributed by atoms with E-state index in [1.807, 2.05) is 6.08 Å². The van der Waals surface area contributed by atoms with Gasteiger partial charge in [0.05, 0.1) is 0 Å². The van der Waals surface area contributed by atoms with Crippen LogP contribution in [0.4, 0.5) is 0 Å². The van der Waals surface area contributed by atoms with Crippen molar-refractivity contribution in [3.05, 3.63) is 34.8 Å². The fourth-order valence-electron chi connectivity index (χ4n) is 0.810. The van der Waals surface area contributed by atoms with Gasteiger partial charge in [0.2, 0.25) is 0 Å². The monoisotopic (exact) mass is 228 g/mol. The summed E-state index contributed by atoms with van der Waals surface area (Å²) in [5.41, 5.74) is 1.15. The molecular formula is C9H9BrS. The Morgan fingerprint density at radius 3 is 2.73 bits per heavy atom. The predicted octanol–water partition coefficient (Wildman–Crippen LogP) is 3.81. The molecule has 0 atom stereocenters. The van der Waals surface area contributed by atoms with Crippen molar-refractivity contribution in [1.29, 1.82) is 0 Å². The molecule has 11 heavy (non-hydrogen) atoms. The van der Waals surface area contributed by atoms with E-state index in [2.05, 4.69) is 47.0 Å². The molecule has 0 heterocycles. The molecule has 0 saturated heterocycles. The number of halogens is 1. The molecule has 0 saturated carbocycles. The lowest BCUT2D eigenvalue weighted by Crippen LogP contribution is -1.75. The first-order valence-electron chi connectivity index (χ1n) is 3.24. The number of benzene rings is 1. The van der Waals surface area contributed by atoms with Gasteiger partial charge in [0, 0.05) is 9.37 Å². The smallest absolute Gasteiger partial charge is 0.0317 e. The number of rotatable bonds is 2. The van der Waals surface area contributed by atoms with Gasteiger partial charge in [-0.3, -0.25) is 0 Å². The van der Waals surface area contributed by atoms with Crippen molar-refractivity contribution in [2.75, 3.05) is 6.26 Å². The van der Waals surface area contributed by atoms with Gasteiger partial charge >= 0.3 is 0 Å². The Morgan fingerprint density at radius 2 is 2.27 bits per heavy atom. The van der Waals surface area contributed by atoms with Crippen molar-refractivity contribution in [3.8, 4) is 0 Å². The number of hydrogen-bond donors (Lipinski definition) is 0. The first-order valence-corrected chi connectivity index (χ1v) is 5.25. The minimum atomic E-state index is 1.14. The molecule has 0 spiro atoms. The molecule has 1 aromatic carbocycles. The molecule has 0 aliphatic carbocycles. The summed E-state index contributed by atoms with van der Waals surface area (Å²) in [4.78, 5) is 1.26. The van der Waals surface area contributed by atoms with Gasteiger partial charge in [0.1, 0.15) is 0 Å². The van der Waals surface area contributed by atoms with Gasteiger partial charge in [-0.15, -0.1) is 11.8 Å². The van der Waals surface area contributed by atoms with E-state index in [9.17, 15) is 0 Å². The zero-order valence-electron chi connectivity index (χ0n) is 6.30. The minimum absolute atomic E-state index is 1.14. The second-order valence-electron chi connectivity index (χ2n) is 2.10. The molecule has 1 aromatic rings. The van der Waals surface area contributed by atoms with E-state index in [0.717, 1.165) is 10.0 Å². The van der Waals surface area contributed by atoms with E-state index >= 15 is 0 Å². The average molecular weight is 229 g/mol. The SMILES string of the molecule is C=Cc1ccc(SC)c(Br)c1. The lowest BCUT2D eigenvalue weighted by Gasteiger charge is -2.00. The molecule has 0 amide bonds. The van der Waals surface area contributed by atoms with Crippen molar-refractivity contribution in [2.24, 2.45) is 0 Å². The summed E-state index contributed by atoms with van der Waals surface area (Å²) in [7, 11) is 0. The molecule has 0 fully saturated rings. The summed E-state index contributed by atoms with van der Waals surface area (Å²) < 4.78 is 1.14. The van der Waals surface area contributed by atoms with Crippen LogP contribution in [-0.2, 0) is 0 Å². The molecular weight excluding hydrogens is 220 g/mol. The molecule has 0 bridgehead atoms. The van der Waals surface area contributed by atoms with E-state index < -0.39 is 0 Å². The quantitative estimate of drug-likeness (QED) is 0.695. The summed E-state index contributed by atoms with van der Waals surface area (Å²) in [6.45, 7) is 3.70. The lowest BCUT2D eigenvalue weighted by molar-refractivity contribution is 1.40. The molecule has 1 rings (SSSR count). The third-order valence-electron chi connectivity index (χ3n) is 1.41. The van der Waals surface area contributed by atoms with Gasteiger partial charge < -0.3 is 0 Å². The molecule has 0 radical (unpaired) electrons. The molecule has 2 heteroatoms. The van der Waals surface area contributed by atoms with Crippen molar-refractivity contribution in [3.63, 3.8) is 0 Å². The van der Waals surface area contributed by atoms with Crippen LogP contribution in [0, 0.1) is 0 Å². The first kappa shape index (κ1) is 8.88. The standard InChI is InChI=1S/C9H9BrS/c1-3-7-4-5-9(11-2)8(10)6-7/h3-6H,1H2,2H3. The second-order valence-corrected chi connectivity index (χ2v) is 3.80. The Morgan fingerprint density at radius 1 is 1.55 bits per heavy atom. The molecule has 0 aliphatic rings. The van der Waals surface area contributed by atoms with Crippen LogP contribution in [-0.4, -0.2) is 6.26 Å². The van der Waals surface area contributed by atoms with Crippen molar-refractivity contribution in [2.45, 2.75) is 4.90 Å². The van der Waals surface area contributed by atoms with Gasteiger partial charge in [-0.2, -0.15) is 0 Å². The fourth-order valence-corrected chi connectivity index (χ4v) is 2.15. The summed E-state index contributed by atoms with van der Waals surface area (Å²) in [5, 5.41) is 0. The predicted molar refractivity (Wildman–Crippen MR) is 56.0 cm³/mol. The highest BCUT2D eigenvalue weighted by molar-refractivity contribution is 9.10. The molecule has 0 aromatic heterocycles. The van der Waals surface area contributed by atoms with Gasteiger partial charge in [-0.05, 0) is 39.9 Å². The van der Waals surface area contributed by atoms with E-state index in [4.69, 9.17) is 0 Å². The zero-order chi connectivity index (χ0) is 8.27. The van der Waals surface area contributed by atoms with Crippen LogP contribution < -0.4 is 0 Å². The third kappa shape index (κ3) is 2.11. The second kappa shape index (κ2) is 3.98. The molecule has 0 N–H and O–H groups in total. The maximum absolute atomic E-state index is 3.70. The van der Waals surface area contributed by atoms with Gasteiger partial charge in [0.15, 0.2) is 0 Å². The van der Waals surface area contributed by atoms with E-state index in [0.29, 0.717) is 0 Å². The Labute approximate surface area is 79.8 Å². The summed E-state index contributed by atoms with van der Waals surface area (Å²) in [6, 6.07) is 6.22. The Hall–Kier alpha value is -0.210. The Balaban J connectivity index is 3.09. The van der Waals surface area contributed by atoms with E-state index in [-0.39, 0.29) is 0 Å². The van der Waals surface area contributed by atoms with Gasteiger partial charge in [-0.25, -0.2) is 0 Å². The van der Waals surface area contributed by atoms with Crippen LogP contribution in [0.2, 0.25) is 0 Å². The Kier molecular flexibility index (Phi) is 3.21. The fraction of sp³-hybridized carbons (Fsp3) is 0.111. The highest BCUT2D eigenvalue weighted by atomic mass is 79.9. The molecule has 58 valence electrons. The van der Waals surface area contributed by atoms with Crippen LogP contribution in [0.25, 0.3) is 6.08 Å². The highest BCUT2D eigenvalue weighted by Crippen LogP contribution is 2.26. The van der Waals surface area contributed by atoms with E-state index in [1.165, 1.54) is 4.90 Å².